The van der Waals surface area contributed by atoms with Gasteiger partial charge in [-0.15, -0.1) is 0 Å². The fraction of sp³-hybridized carbons (Fsp3) is 1.00. The molecule has 0 bridgehead atoms. The predicted octanol–water partition coefficient (Wildman–Crippen LogP) is 3.02. The summed E-state index contributed by atoms with van der Waals surface area (Å²) < 4.78 is 0. The average molecular weight is 238 g/mol. The second-order valence-corrected chi connectivity index (χ2v) is 7.26. The van der Waals surface area contributed by atoms with E-state index in [9.17, 15) is 0 Å². The van der Waals surface area contributed by atoms with Crippen molar-refractivity contribution in [2.45, 2.75) is 64.8 Å². The first-order chi connectivity index (χ1) is 7.99. The van der Waals surface area contributed by atoms with Crippen molar-refractivity contribution in [2.75, 3.05) is 20.1 Å². The lowest BCUT2D eigenvalue weighted by Gasteiger charge is -2.56. The Morgan fingerprint density at radius 3 is 2.29 bits per heavy atom. The maximum Gasteiger partial charge on any atom is 0.0149 e. The Balaban J connectivity index is 1.93. The molecule has 2 nitrogen and oxygen atoms in total. The third-order valence-corrected chi connectivity index (χ3v) is 5.23. The molecule has 2 N–H and O–H groups in total. The van der Waals surface area contributed by atoms with Crippen LogP contribution in [-0.4, -0.2) is 31.1 Å². The molecule has 2 rings (SSSR count). The maximum atomic E-state index is 5.86. The Morgan fingerprint density at radius 2 is 1.82 bits per heavy atom. The lowest BCUT2D eigenvalue weighted by Crippen LogP contribution is -2.56. The summed E-state index contributed by atoms with van der Waals surface area (Å²) in [6.07, 6.45) is 10.2. The van der Waals surface area contributed by atoms with Crippen LogP contribution in [0.1, 0.15) is 58.8 Å². The van der Waals surface area contributed by atoms with Gasteiger partial charge in [-0.1, -0.05) is 33.1 Å². The molecule has 2 fully saturated rings. The van der Waals surface area contributed by atoms with Crippen LogP contribution in [0, 0.1) is 10.8 Å². The smallest absolute Gasteiger partial charge is 0.0149 e. The summed E-state index contributed by atoms with van der Waals surface area (Å²) in [6.45, 7) is 6.51. The molecular weight excluding hydrogens is 208 g/mol. The molecule has 0 aromatic rings. The van der Waals surface area contributed by atoms with Crippen molar-refractivity contribution in [3.63, 3.8) is 0 Å². The summed E-state index contributed by atoms with van der Waals surface area (Å²) in [5.41, 5.74) is 6.81. The molecule has 0 saturated heterocycles. The van der Waals surface area contributed by atoms with Gasteiger partial charge in [0.1, 0.15) is 0 Å². The largest absolute Gasteiger partial charge is 0.330 e. The van der Waals surface area contributed by atoms with Gasteiger partial charge >= 0.3 is 0 Å². The Bertz CT molecular complexity index is 254. The summed E-state index contributed by atoms with van der Waals surface area (Å²) in [5.74, 6) is 0. The summed E-state index contributed by atoms with van der Waals surface area (Å²) in [6, 6.07) is 0.841. The zero-order valence-electron chi connectivity index (χ0n) is 12.0. The topological polar surface area (TPSA) is 29.3 Å². The maximum absolute atomic E-state index is 5.86. The highest BCUT2D eigenvalue weighted by Gasteiger charge is 2.48. The Kier molecular flexibility index (Phi) is 3.84. The molecule has 1 unspecified atom stereocenters. The van der Waals surface area contributed by atoms with E-state index >= 15 is 0 Å². The van der Waals surface area contributed by atoms with Crippen LogP contribution >= 0.6 is 0 Å². The Labute approximate surface area is 107 Å². The van der Waals surface area contributed by atoms with Crippen LogP contribution in [0.15, 0.2) is 0 Å². The van der Waals surface area contributed by atoms with Gasteiger partial charge in [-0.2, -0.15) is 0 Å². The van der Waals surface area contributed by atoms with Crippen LogP contribution in [0.25, 0.3) is 0 Å². The monoisotopic (exact) mass is 238 g/mol. The second kappa shape index (κ2) is 4.89. The third kappa shape index (κ3) is 2.68. The molecule has 1 atom stereocenters. The van der Waals surface area contributed by atoms with Gasteiger partial charge in [-0.25, -0.2) is 0 Å². The number of rotatable bonds is 4. The van der Waals surface area contributed by atoms with Gasteiger partial charge in [0.2, 0.25) is 0 Å². The molecule has 2 aliphatic carbocycles. The minimum Gasteiger partial charge on any atom is -0.330 e. The molecule has 2 heteroatoms. The molecule has 0 radical (unpaired) electrons. The van der Waals surface area contributed by atoms with E-state index in [1.165, 1.54) is 44.9 Å². The van der Waals surface area contributed by atoms with Crippen LogP contribution < -0.4 is 5.73 Å². The Morgan fingerprint density at radius 1 is 1.18 bits per heavy atom. The molecule has 0 aromatic heterocycles. The van der Waals surface area contributed by atoms with Gasteiger partial charge in [0, 0.05) is 12.6 Å². The molecule has 0 heterocycles. The minimum absolute atomic E-state index is 0.264. The first-order valence-electron chi connectivity index (χ1n) is 7.39. The van der Waals surface area contributed by atoms with E-state index in [0.717, 1.165) is 19.1 Å². The van der Waals surface area contributed by atoms with E-state index < -0.39 is 0 Å². The standard InChI is InChI=1S/C15H30N2/c1-14(2,11-16)12-17(3)13-7-10-15(13)8-5-4-6-9-15/h13H,4-12,16H2,1-3H3. The molecular formula is C15H30N2. The van der Waals surface area contributed by atoms with Crippen molar-refractivity contribution in [1.29, 1.82) is 0 Å². The normalized spacial score (nSPS) is 28.4. The van der Waals surface area contributed by atoms with E-state index in [0.29, 0.717) is 5.41 Å². The number of nitrogens with two attached hydrogens (primary N) is 1. The zero-order valence-corrected chi connectivity index (χ0v) is 12.0. The van der Waals surface area contributed by atoms with Gasteiger partial charge in [-0.3, -0.25) is 0 Å². The molecule has 0 amide bonds. The van der Waals surface area contributed by atoms with E-state index in [-0.39, 0.29) is 5.41 Å². The minimum atomic E-state index is 0.264. The van der Waals surface area contributed by atoms with Crippen molar-refractivity contribution in [1.82, 2.24) is 4.90 Å². The predicted molar refractivity (Wildman–Crippen MR) is 74.0 cm³/mol. The average Bonchev–Trinajstić information content (AvgIpc) is 2.28. The number of hydrogen-bond acceptors (Lipinski definition) is 2. The van der Waals surface area contributed by atoms with Crippen LogP contribution in [-0.2, 0) is 0 Å². The van der Waals surface area contributed by atoms with Gasteiger partial charge < -0.3 is 10.6 Å². The van der Waals surface area contributed by atoms with Crippen molar-refractivity contribution >= 4 is 0 Å². The first-order valence-corrected chi connectivity index (χ1v) is 7.39. The van der Waals surface area contributed by atoms with E-state index in [4.69, 9.17) is 5.73 Å². The highest BCUT2D eigenvalue weighted by atomic mass is 15.2. The van der Waals surface area contributed by atoms with Crippen LogP contribution in [0.4, 0.5) is 0 Å². The molecule has 17 heavy (non-hydrogen) atoms. The second-order valence-electron chi connectivity index (χ2n) is 7.26. The SMILES string of the molecule is CN(CC(C)(C)CN)C1CCC12CCCCC2. The first kappa shape index (κ1) is 13.4. The molecule has 100 valence electrons. The zero-order chi connectivity index (χ0) is 12.5. The third-order valence-electron chi connectivity index (χ3n) is 5.23. The van der Waals surface area contributed by atoms with Crippen molar-refractivity contribution < 1.29 is 0 Å². The van der Waals surface area contributed by atoms with E-state index in [2.05, 4.69) is 25.8 Å². The lowest BCUT2D eigenvalue weighted by molar-refractivity contribution is -0.0522. The van der Waals surface area contributed by atoms with Gasteiger partial charge in [0.15, 0.2) is 0 Å². The van der Waals surface area contributed by atoms with E-state index in [1.807, 2.05) is 0 Å². The molecule has 0 aromatic carbocycles. The molecule has 2 aliphatic rings. The lowest BCUT2D eigenvalue weighted by atomic mass is 9.57. The van der Waals surface area contributed by atoms with E-state index in [1.54, 1.807) is 0 Å². The fourth-order valence-electron chi connectivity index (χ4n) is 4.06. The number of nitrogens with zero attached hydrogens (tertiary/aromatic N) is 1. The number of hydrogen-bond donors (Lipinski definition) is 1. The molecule has 2 saturated carbocycles. The van der Waals surface area contributed by atoms with Crippen molar-refractivity contribution in [2.24, 2.45) is 16.6 Å². The van der Waals surface area contributed by atoms with Gasteiger partial charge in [-0.05, 0) is 50.1 Å². The van der Waals surface area contributed by atoms with Crippen molar-refractivity contribution in [3.05, 3.63) is 0 Å². The highest BCUT2D eigenvalue weighted by Crippen LogP contribution is 2.53. The van der Waals surface area contributed by atoms with Crippen LogP contribution in [0.2, 0.25) is 0 Å². The summed E-state index contributed by atoms with van der Waals surface area (Å²) in [4.78, 5) is 2.61. The quantitative estimate of drug-likeness (QED) is 0.816. The van der Waals surface area contributed by atoms with Crippen molar-refractivity contribution in [3.8, 4) is 0 Å². The molecule has 1 spiro atoms. The summed E-state index contributed by atoms with van der Waals surface area (Å²) in [5, 5.41) is 0. The molecule has 0 aliphatic heterocycles. The summed E-state index contributed by atoms with van der Waals surface area (Å²) in [7, 11) is 2.32. The fourth-order valence-corrected chi connectivity index (χ4v) is 4.06. The van der Waals surface area contributed by atoms with Gasteiger partial charge in [0.25, 0.3) is 0 Å². The van der Waals surface area contributed by atoms with Crippen LogP contribution in [0.3, 0.4) is 0 Å². The summed E-state index contributed by atoms with van der Waals surface area (Å²) >= 11 is 0. The van der Waals surface area contributed by atoms with Gasteiger partial charge in [0.05, 0.1) is 0 Å². The van der Waals surface area contributed by atoms with Crippen LogP contribution in [0.5, 0.6) is 0 Å². The highest BCUT2D eigenvalue weighted by molar-refractivity contribution is 5.02. The Hall–Kier alpha value is -0.0800.